The fourth-order valence-corrected chi connectivity index (χ4v) is 4.06. The van der Waals surface area contributed by atoms with Gasteiger partial charge in [-0.05, 0) is 18.6 Å². The minimum atomic E-state index is -3.02. The van der Waals surface area contributed by atoms with E-state index >= 15 is 0 Å². The lowest BCUT2D eigenvalue weighted by Gasteiger charge is -2.08. The number of carboxylic acid groups (broad SMARTS) is 1. The molecule has 19 heavy (non-hydrogen) atoms. The lowest BCUT2D eigenvalue weighted by molar-refractivity contribution is 0.0699. The quantitative estimate of drug-likeness (QED) is 0.859. The molecule has 0 saturated carbocycles. The van der Waals surface area contributed by atoms with E-state index in [9.17, 15) is 13.2 Å². The molecule has 2 aromatic rings. The third kappa shape index (κ3) is 1.97. The van der Waals surface area contributed by atoms with E-state index < -0.39 is 15.8 Å². The third-order valence-electron chi connectivity index (χ3n) is 3.29. The van der Waals surface area contributed by atoms with Crippen LogP contribution in [0.2, 0.25) is 0 Å². The van der Waals surface area contributed by atoms with Crippen molar-refractivity contribution in [3.05, 3.63) is 23.8 Å². The molecule has 1 aliphatic rings. The predicted molar refractivity (Wildman–Crippen MR) is 66.8 cm³/mol. The summed E-state index contributed by atoms with van der Waals surface area (Å²) in [4.78, 5) is 11.1. The molecule has 1 aliphatic heterocycles. The van der Waals surface area contributed by atoms with Gasteiger partial charge in [0.2, 0.25) is 0 Å². The molecule has 0 bridgehead atoms. The number of hydrogen-bond donors (Lipinski definition) is 1. The van der Waals surface area contributed by atoms with Gasteiger partial charge in [-0.25, -0.2) is 17.9 Å². The fourth-order valence-electron chi connectivity index (χ4n) is 2.37. The summed E-state index contributed by atoms with van der Waals surface area (Å²) in [7, 11) is -3.02. The first-order chi connectivity index (χ1) is 8.98. The molecular weight excluding hydrogens is 270 g/mol. The zero-order chi connectivity index (χ0) is 13.6. The number of aromatic carboxylic acids is 1. The Bertz CT molecular complexity index is 765. The first kappa shape index (κ1) is 12.1. The SMILES string of the molecule is O=C(O)c1cccc2c1nnn2C1CCS(=O)(=O)C1. The van der Waals surface area contributed by atoms with Crippen LogP contribution in [0.15, 0.2) is 18.2 Å². The number of carboxylic acids is 1. The van der Waals surface area contributed by atoms with Crippen molar-refractivity contribution in [2.75, 3.05) is 11.5 Å². The first-order valence-corrected chi connectivity index (χ1v) is 7.58. The molecule has 1 atom stereocenters. The topological polar surface area (TPSA) is 102 Å². The van der Waals surface area contributed by atoms with Gasteiger partial charge in [-0.1, -0.05) is 11.3 Å². The minimum absolute atomic E-state index is 0.0305. The largest absolute Gasteiger partial charge is 0.478 e. The van der Waals surface area contributed by atoms with Gasteiger partial charge in [-0.2, -0.15) is 0 Å². The van der Waals surface area contributed by atoms with Gasteiger partial charge in [0.15, 0.2) is 9.84 Å². The van der Waals surface area contributed by atoms with E-state index in [2.05, 4.69) is 10.3 Å². The highest BCUT2D eigenvalue weighted by atomic mass is 32.2. The van der Waals surface area contributed by atoms with Gasteiger partial charge in [0.25, 0.3) is 0 Å². The molecule has 100 valence electrons. The van der Waals surface area contributed by atoms with Crippen molar-refractivity contribution in [1.29, 1.82) is 0 Å². The Balaban J connectivity index is 2.12. The van der Waals surface area contributed by atoms with Gasteiger partial charge in [-0.15, -0.1) is 5.10 Å². The van der Waals surface area contributed by atoms with Crippen LogP contribution in [-0.4, -0.2) is 46.0 Å². The number of fused-ring (bicyclic) bond motifs is 1. The van der Waals surface area contributed by atoms with Gasteiger partial charge in [0.1, 0.15) is 5.52 Å². The molecule has 0 radical (unpaired) electrons. The van der Waals surface area contributed by atoms with Gasteiger partial charge in [0, 0.05) is 0 Å². The maximum absolute atomic E-state index is 11.5. The first-order valence-electron chi connectivity index (χ1n) is 5.75. The molecule has 1 unspecified atom stereocenters. The highest BCUT2D eigenvalue weighted by molar-refractivity contribution is 7.91. The minimum Gasteiger partial charge on any atom is -0.478 e. The second-order valence-electron chi connectivity index (χ2n) is 4.57. The molecule has 0 amide bonds. The molecule has 0 spiro atoms. The molecule has 2 heterocycles. The number of nitrogens with zero attached hydrogens (tertiary/aromatic N) is 3. The molecular formula is C11H11N3O4S. The van der Waals surface area contributed by atoms with Gasteiger partial charge in [0.05, 0.1) is 28.6 Å². The van der Waals surface area contributed by atoms with Crippen LogP contribution in [0.25, 0.3) is 11.0 Å². The number of hydrogen-bond acceptors (Lipinski definition) is 5. The van der Waals surface area contributed by atoms with Crippen LogP contribution >= 0.6 is 0 Å². The third-order valence-corrected chi connectivity index (χ3v) is 5.04. The smallest absolute Gasteiger partial charge is 0.338 e. The summed E-state index contributed by atoms with van der Waals surface area (Å²) in [5, 5.41) is 16.9. The van der Waals surface area contributed by atoms with Crippen molar-refractivity contribution < 1.29 is 18.3 Å². The maximum atomic E-state index is 11.5. The normalized spacial score (nSPS) is 21.8. The molecule has 1 aromatic heterocycles. The fraction of sp³-hybridized carbons (Fsp3) is 0.364. The maximum Gasteiger partial charge on any atom is 0.338 e. The Morgan fingerprint density at radius 3 is 2.84 bits per heavy atom. The van der Waals surface area contributed by atoms with Crippen molar-refractivity contribution in [2.24, 2.45) is 0 Å². The van der Waals surface area contributed by atoms with Crippen LogP contribution in [0.3, 0.4) is 0 Å². The standard InChI is InChI=1S/C11H11N3O4S/c15-11(16)8-2-1-3-9-10(8)12-13-14(9)7-4-5-19(17,18)6-7/h1-3,7H,4-6H2,(H,15,16). The predicted octanol–water partition coefficient (Wildman–Crippen LogP) is 0.489. The lowest BCUT2D eigenvalue weighted by Crippen LogP contribution is -2.12. The van der Waals surface area contributed by atoms with Crippen molar-refractivity contribution >= 4 is 26.8 Å². The number of benzene rings is 1. The molecule has 3 rings (SSSR count). The van der Waals surface area contributed by atoms with Crippen molar-refractivity contribution in [3.63, 3.8) is 0 Å². The molecule has 0 aliphatic carbocycles. The van der Waals surface area contributed by atoms with Crippen molar-refractivity contribution in [1.82, 2.24) is 15.0 Å². The molecule has 1 N–H and O–H groups in total. The molecule has 7 nitrogen and oxygen atoms in total. The van der Waals surface area contributed by atoms with Gasteiger partial charge >= 0.3 is 5.97 Å². The zero-order valence-electron chi connectivity index (χ0n) is 9.85. The Morgan fingerprint density at radius 2 is 2.21 bits per heavy atom. The van der Waals surface area contributed by atoms with Crippen LogP contribution in [0, 0.1) is 0 Å². The Kier molecular flexibility index (Phi) is 2.56. The van der Waals surface area contributed by atoms with E-state index in [-0.39, 0.29) is 23.1 Å². The molecule has 8 heteroatoms. The Hall–Kier alpha value is -1.96. The van der Waals surface area contributed by atoms with Crippen molar-refractivity contribution in [2.45, 2.75) is 12.5 Å². The van der Waals surface area contributed by atoms with E-state index in [1.807, 2.05) is 0 Å². The average Bonchev–Trinajstić information content (AvgIpc) is 2.91. The van der Waals surface area contributed by atoms with Crippen LogP contribution in [-0.2, 0) is 9.84 Å². The van der Waals surface area contributed by atoms with Crippen molar-refractivity contribution in [3.8, 4) is 0 Å². The van der Waals surface area contributed by atoms with Gasteiger partial charge in [-0.3, -0.25) is 0 Å². The van der Waals surface area contributed by atoms with Crippen LogP contribution in [0.4, 0.5) is 0 Å². The molecule has 1 aromatic carbocycles. The number of rotatable bonds is 2. The van der Waals surface area contributed by atoms with E-state index in [1.54, 1.807) is 12.1 Å². The summed E-state index contributed by atoms with van der Waals surface area (Å²) in [6.45, 7) is 0. The second kappa shape index (κ2) is 4.02. The van der Waals surface area contributed by atoms with E-state index in [1.165, 1.54) is 10.7 Å². The number of aromatic nitrogens is 3. The Morgan fingerprint density at radius 1 is 1.42 bits per heavy atom. The highest BCUT2D eigenvalue weighted by Crippen LogP contribution is 2.27. The van der Waals surface area contributed by atoms with E-state index in [0.717, 1.165) is 0 Å². The van der Waals surface area contributed by atoms with E-state index in [0.29, 0.717) is 17.5 Å². The van der Waals surface area contributed by atoms with Crippen LogP contribution in [0.1, 0.15) is 22.8 Å². The summed E-state index contributed by atoms with van der Waals surface area (Å²) in [6.07, 6.45) is 0.484. The van der Waals surface area contributed by atoms with Crippen LogP contribution in [0.5, 0.6) is 0 Å². The summed E-state index contributed by atoms with van der Waals surface area (Å²) >= 11 is 0. The number of carbonyl (C=O) groups is 1. The monoisotopic (exact) mass is 281 g/mol. The summed E-state index contributed by atoms with van der Waals surface area (Å²) in [5.41, 5.74) is 0.922. The van der Waals surface area contributed by atoms with E-state index in [4.69, 9.17) is 5.11 Å². The zero-order valence-corrected chi connectivity index (χ0v) is 10.7. The van der Waals surface area contributed by atoms with Crippen LogP contribution < -0.4 is 0 Å². The average molecular weight is 281 g/mol. The number of sulfone groups is 1. The summed E-state index contributed by atoms with van der Waals surface area (Å²) in [5.74, 6) is -0.905. The second-order valence-corrected chi connectivity index (χ2v) is 6.80. The Labute approximate surface area is 108 Å². The summed E-state index contributed by atoms with van der Waals surface area (Å²) in [6, 6.07) is 4.50. The van der Waals surface area contributed by atoms with Gasteiger partial charge < -0.3 is 5.11 Å². The highest BCUT2D eigenvalue weighted by Gasteiger charge is 2.31. The lowest BCUT2D eigenvalue weighted by atomic mass is 10.1. The molecule has 1 fully saturated rings. The molecule has 1 saturated heterocycles. The summed E-state index contributed by atoms with van der Waals surface area (Å²) < 4.78 is 24.5.